The summed E-state index contributed by atoms with van der Waals surface area (Å²) in [6.45, 7) is 0.232. The van der Waals surface area contributed by atoms with E-state index < -0.39 is 27.5 Å². The Hall–Kier alpha value is -2.94. The molecular formula is C25H27NO6S. The fraction of sp³-hybridized carbons (Fsp3) is 0.320. The molecular weight excluding hydrogens is 442 g/mol. The van der Waals surface area contributed by atoms with Gasteiger partial charge in [0.25, 0.3) is 0 Å². The first-order valence-corrected chi connectivity index (χ1v) is 12.3. The lowest BCUT2D eigenvalue weighted by atomic mass is 9.78. The first-order valence-electron chi connectivity index (χ1n) is 10.9. The summed E-state index contributed by atoms with van der Waals surface area (Å²) in [6, 6.07) is 21.5. The molecule has 1 saturated heterocycles. The molecule has 1 fully saturated rings. The number of fused-ring (bicyclic) bond motifs is 1. The number of carboxylic acids is 1. The third kappa shape index (κ3) is 5.03. The van der Waals surface area contributed by atoms with E-state index in [1.807, 2.05) is 36.4 Å². The van der Waals surface area contributed by atoms with Crippen molar-refractivity contribution in [1.82, 2.24) is 4.31 Å². The molecule has 3 aromatic carbocycles. The average molecular weight is 470 g/mol. The van der Waals surface area contributed by atoms with E-state index in [1.54, 1.807) is 36.4 Å². The SMILES string of the molecule is O=C(O)CC(COc1ccccc1)C1(O)CCN(S(=O)(=O)c2cccc3ccccc23)CC1. The molecule has 4 rings (SSSR count). The minimum Gasteiger partial charge on any atom is -0.493 e. The number of rotatable bonds is 8. The molecule has 2 N–H and O–H groups in total. The van der Waals surface area contributed by atoms with Gasteiger partial charge in [-0.3, -0.25) is 4.79 Å². The zero-order chi connectivity index (χ0) is 23.5. The van der Waals surface area contributed by atoms with Crippen LogP contribution in [0.5, 0.6) is 5.75 Å². The number of aliphatic hydroxyl groups is 1. The highest BCUT2D eigenvalue weighted by Gasteiger charge is 2.43. The number of ether oxygens (including phenoxy) is 1. The number of hydrogen-bond acceptors (Lipinski definition) is 5. The van der Waals surface area contributed by atoms with E-state index in [9.17, 15) is 23.4 Å². The zero-order valence-electron chi connectivity index (χ0n) is 18.1. The maximum absolute atomic E-state index is 13.4. The number of hydrogen-bond donors (Lipinski definition) is 2. The van der Waals surface area contributed by atoms with E-state index in [0.29, 0.717) is 11.1 Å². The molecule has 0 aliphatic carbocycles. The van der Waals surface area contributed by atoms with Crippen LogP contribution < -0.4 is 4.74 Å². The van der Waals surface area contributed by atoms with Crippen molar-refractivity contribution >= 4 is 26.8 Å². The zero-order valence-corrected chi connectivity index (χ0v) is 18.9. The van der Waals surface area contributed by atoms with Gasteiger partial charge in [-0.05, 0) is 36.4 Å². The Morgan fingerprint density at radius 2 is 1.61 bits per heavy atom. The summed E-state index contributed by atoms with van der Waals surface area (Å²) in [7, 11) is -3.77. The molecule has 1 unspecified atom stereocenters. The predicted molar refractivity (Wildman–Crippen MR) is 125 cm³/mol. The molecule has 8 heteroatoms. The van der Waals surface area contributed by atoms with Gasteiger partial charge in [-0.25, -0.2) is 8.42 Å². The van der Waals surface area contributed by atoms with E-state index in [0.717, 1.165) is 5.39 Å². The van der Waals surface area contributed by atoms with Crippen molar-refractivity contribution in [3.63, 3.8) is 0 Å². The maximum Gasteiger partial charge on any atom is 0.303 e. The van der Waals surface area contributed by atoms with Gasteiger partial charge < -0.3 is 14.9 Å². The second-order valence-corrected chi connectivity index (χ2v) is 10.3. The number of carbonyl (C=O) groups is 1. The van der Waals surface area contributed by atoms with Crippen molar-refractivity contribution in [2.75, 3.05) is 19.7 Å². The third-order valence-corrected chi connectivity index (χ3v) is 8.29. The molecule has 3 aromatic rings. The lowest BCUT2D eigenvalue weighted by Crippen LogP contribution is -2.52. The Bertz CT molecular complexity index is 1210. The minimum absolute atomic E-state index is 0.0306. The number of para-hydroxylation sites is 1. The van der Waals surface area contributed by atoms with Crippen LogP contribution in [0.3, 0.4) is 0 Å². The van der Waals surface area contributed by atoms with Crippen LogP contribution >= 0.6 is 0 Å². The maximum atomic E-state index is 13.4. The summed E-state index contributed by atoms with van der Waals surface area (Å²) >= 11 is 0. The molecule has 0 bridgehead atoms. The minimum atomic E-state index is -3.77. The number of piperidine rings is 1. The van der Waals surface area contributed by atoms with E-state index in [2.05, 4.69) is 0 Å². The standard InChI is InChI=1S/C25H27NO6S/c27-24(28)17-20(18-32-21-9-2-1-3-10-21)25(29)13-15-26(16-14-25)33(30,31)23-12-6-8-19-7-4-5-11-22(19)23/h1-12,20,29H,13-18H2,(H,27,28). The number of benzene rings is 3. The summed E-state index contributed by atoms with van der Waals surface area (Å²) < 4.78 is 33.9. The Kier molecular flexibility index (Phi) is 6.69. The van der Waals surface area contributed by atoms with Crippen molar-refractivity contribution in [1.29, 1.82) is 0 Å². The van der Waals surface area contributed by atoms with E-state index >= 15 is 0 Å². The lowest BCUT2D eigenvalue weighted by Gasteiger charge is -2.42. The summed E-state index contributed by atoms with van der Waals surface area (Å²) in [5.41, 5.74) is -1.34. The van der Waals surface area contributed by atoms with Gasteiger partial charge >= 0.3 is 5.97 Å². The second kappa shape index (κ2) is 9.51. The van der Waals surface area contributed by atoms with Crippen LogP contribution in [0.4, 0.5) is 0 Å². The van der Waals surface area contributed by atoms with Crippen LogP contribution in [0.1, 0.15) is 19.3 Å². The van der Waals surface area contributed by atoms with Gasteiger partial charge in [-0.1, -0.05) is 54.6 Å². The third-order valence-electron chi connectivity index (χ3n) is 6.33. The smallest absolute Gasteiger partial charge is 0.303 e. The van der Waals surface area contributed by atoms with Crippen molar-refractivity contribution < 1.29 is 28.2 Å². The highest BCUT2D eigenvalue weighted by atomic mass is 32.2. The molecule has 7 nitrogen and oxygen atoms in total. The van der Waals surface area contributed by atoms with Crippen LogP contribution in [-0.2, 0) is 14.8 Å². The number of aliphatic carboxylic acids is 1. The van der Waals surface area contributed by atoms with Gasteiger partial charge in [0, 0.05) is 24.4 Å². The average Bonchev–Trinajstić information content (AvgIpc) is 2.82. The number of sulfonamides is 1. The normalized spacial score (nSPS) is 17.5. The summed E-state index contributed by atoms with van der Waals surface area (Å²) in [6.07, 6.45) is -0.000405. The predicted octanol–water partition coefficient (Wildman–Crippen LogP) is 3.53. The van der Waals surface area contributed by atoms with Crippen molar-refractivity contribution in [2.45, 2.75) is 29.8 Å². The first kappa shape index (κ1) is 23.2. The van der Waals surface area contributed by atoms with Crippen molar-refractivity contribution in [2.24, 2.45) is 5.92 Å². The quantitative estimate of drug-likeness (QED) is 0.523. The lowest BCUT2D eigenvalue weighted by molar-refractivity contribution is -0.143. The van der Waals surface area contributed by atoms with Gasteiger partial charge in [-0.15, -0.1) is 0 Å². The molecule has 1 heterocycles. The molecule has 0 saturated carbocycles. The molecule has 1 aliphatic rings. The molecule has 1 atom stereocenters. The Labute approximate surface area is 193 Å². The van der Waals surface area contributed by atoms with Gasteiger partial charge in [-0.2, -0.15) is 4.31 Å². The van der Waals surface area contributed by atoms with Crippen LogP contribution in [0, 0.1) is 5.92 Å². The molecule has 33 heavy (non-hydrogen) atoms. The fourth-order valence-electron chi connectivity index (χ4n) is 4.41. The first-order chi connectivity index (χ1) is 15.8. The van der Waals surface area contributed by atoms with Crippen LogP contribution in [0.25, 0.3) is 10.8 Å². The van der Waals surface area contributed by atoms with Gasteiger partial charge in [0.15, 0.2) is 0 Å². The number of carboxylic acid groups (broad SMARTS) is 1. The van der Waals surface area contributed by atoms with Gasteiger partial charge in [0.2, 0.25) is 10.0 Å². The Morgan fingerprint density at radius 1 is 0.970 bits per heavy atom. The van der Waals surface area contributed by atoms with Crippen LogP contribution in [0.15, 0.2) is 77.7 Å². The molecule has 0 spiro atoms. The van der Waals surface area contributed by atoms with Crippen molar-refractivity contribution in [3.8, 4) is 5.75 Å². The van der Waals surface area contributed by atoms with E-state index in [-0.39, 0.29) is 43.9 Å². The molecule has 174 valence electrons. The topological polar surface area (TPSA) is 104 Å². The summed E-state index contributed by atoms with van der Waals surface area (Å²) in [4.78, 5) is 11.7. The molecule has 0 aromatic heterocycles. The molecule has 1 aliphatic heterocycles. The van der Waals surface area contributed by atoms with Crippen LogP contribution in [-0.4, -0.2) is 54.2 Å². The monoisotopic (exact) mass is 469 g/mol. The molecule has 0 amide bonds. The van der Waals surface area contributed by atoms with Gasteiger partial charge in [0.1, 0.15) is 5.75 Å². The van der Waals surface area contributed by atoms with Crippen LogP contribution in [0.2, 0.25) is 0 Å². The Balaban J connectivity index is 1.50. The van der Waals surface area contributed by atoms with E-state index in [4.69, 9.17) is 4.74 Å². The highest BCUT2D eigenvalue weighted by Crippen LogP contribution is 2.35. The largest absolute Gasteiger partial charge is 0.493 e. The van der Waals surface area contributed by atoms with Crippen molar-refractivity contribution in [3.05, 3.63) is 72.8 Å². The second-order valence-electron chi connectivity index (χ2n) is 8.40. The van der Waals surface area contributed by atoms with Gasteiger partial charge in [0.05, 0.1) is 23.5 Å². The summed E-state index contributed by atoms with van der Waals surface area (Å²) in [5.74, 6) is -1.11. The molecule has 0 radical (unpaired) electrons. The van der Waals surface area contributed by atoms with E-state index in [1.165, 1.54) is 4.31 Å². The summed E-state index contributed by atoms with van der Waals surface area (Å²) in [5, 5.41) is 22.2. The fourth-order valence-corrected chi connectivity index (χ4v) is 6.07. The Morgan fingerprint density at radius 3 is 2.30 bits per heavy atom. The number of nitrogens with zero attached hydrogens (tertiary/aromatic N) is 1. The highest BCUT2D eigenvalue weighted by molar-refractivity contribution is 7.89.